The van der Waals surface area contributed by atoms with Crippen molar-refractivity contribution in [3.8, 4) is 0 Å². The van der Waals surface area contributed by atoms with Crippen molar-refractivity contribution in [2.24, 2.45) is 5.84 Å². The SMILES string of the molecule is CN(C)C(C)(C)C(NN)c1cnccc1C(F)(F)F. The van der Waals surface area contributed by atoms with Crippen LogP contribution in [0.3, 0.4) is 0 Å². The van der Waals surface area contributed by atoms with Gasteiger partial charge in [-0.2, -0.15) is 13.2 Å². The van der Waals surface area contributed by atoms with Crippen molar-refractivity contribution in [3.63, 3.8) is 0 Å². The second-order valence-corrected chi connectivity index (χ2v) is 5.11. The van der Waals surface area contributed by atoms with E-state index < -0.39 is 23.3 Å². The highest BCUT2D eigenvalue weighted by Gasteiger charge is 2.40. The normalized spacial score (nSPS) is 14.8. The summed E-state index contributed by atoms with van der Waals surface area (Å²) in [7, 11) is 3.57. The highest BCUT2D eigenvalue weighted by Crippen LogP contribution is 2.38. The van der Waals surface area contributed by atoms with E-state index in [0.717, 1.165) is 12.3 Å². The van der Waals surface area contributed by atoms with Gasteiger partial charge < -0.3 is 4.90 Å². The number of pyridine rings is 1. The molecule has 0 radical (unpaired) electrons. The van der Waals surface area contributed by atoms with Gasteiger partial charge in [-0.1, -0.05) is 0 Å². The Labute approximate surface area is 110 Å². The fourth-order valence-corrected chi connectivity index (χ4v) is 1.83. The molecule has 1 aromatic heterocycles. The molecule has 1 heterocycles. The summed E-state index contributed by atoms with van der Waals surface area (Å²) in [6, 6.07) is 0.263. The van der Waals surface area contributed by atoms with Crippen LogP contribution >= 0.6 is 0 Å². The van der Waals surface area contributed by atoms with E-state index >= 15 is 0 Å². The molecule has 1 atom stereocenters. The van der Waals surface area contributed by atoms with Gasteiger partial charge in [0.15, 0.2) is 0 Å². The molecule has 1 aromatic rings. The number of hydrazine groups is 1. The van der Waals surface area contributed by atoms with Gasteiger partial charge in [0.25, 0.3) is 0 Å². The molecule has 3 N–H and O–H groups in total. The van der Waals surface area contributed by atoms with Crippen molar-refractivity contribution in [2.75, 3.05) is 14.1 Å². The summed E-state index contributed by atoms with van der Waals surface area (Å²) >= 11 is 0. The van der Waals surface area contributed by atoms with E-state index in [1.165, 1.54) is 6.20 Å². The van der Waals surface area contributed by atoms with Crippen LogP contribution in [0, 0.1) is 0 Å². The first-order chi connectivity index (χ1) is 8.62. The number of alkyl halides is 3. The predicted molar refractivity (Wildman–Crippen MR) is 67.1 cm³/mol. The third-order valence-corrected chi connectivity index (χ3v) is 3.49. The number of rotatable bonds is 4. The predicted octanol–water partition coefficient (Wildman–Crippen LogP) is 1.95. The third-order valence-electron chi connectivity index (χ3n) is 3.49. The van der Waals surface area contributed by atoms with E-state index in [-0.39, 0.29) is 5.56 Å². The molecule has 1 rings (SSSR count). The number of hydrogen-bond acceptors (Lipinski definition) is 4. The van der Waals surface area contributed by atoms with Crippen LogP contribution in [0.15, 0.2) is 18.5 Å². The second kappa shape index (κ2) is 5.44. The summed E-state index contributed by atoms with van der Waals surface area (Å²) in [6.07, 6.45) is -2.10. The van der Waals surface area contributed by atoms with Crippen molar-refractivity contribution in [1.29, 1.82) is 0 Å². The first kappa shape index (κ1) is 15.9. The molecule has 0 aliphatic heterocycles. The molecule has 7 heteroatoms. The second-order valence-electron chi connectivity index (χ2n) is 5.11. The van der Waals surface area contributed by atoms with Crippen molar-refractivity contribution < 1.29 is 13.2 Å². The van der Waals surface area contributed by atoms with Gasteiger partial charge in [0.05, 0.1) is 11.6 Å². The number of hydrogen-bond donors (Lipinski definition) is 2. The third kappa shape index (κ3) is 3.23. The maximum atomic E-state index is 13.0. The van der Waals surface area contributed by atoms with Crippen LogP contribution in [-0.4, -0.2) is 29.5 Å². The molecule has 0 fully saturated rings. The molecular formula is C12H19F3N4. The molecule has 108 valence electrons. The maximum Gasteiger partial charge on any atom is 0.416 e. The van der Waals surface area contributed by atoms with Gasteiger partial charge in [0.2, 0.25) is 0 Å². The smallest absolute Gasteiger partial charge is 0.302 e. The van der Waals surface area contributed by atoms with E-state index in [0.29, 0.717) is 0 Å². The van der Waals surface area contributed by atoms with E-state index in [4.69, 9.17) is 5.84 Å². The van der Waals surface area contributed by atoms with Crippen LogP contribution in [0.2, 0.25) is 0 Å². The lowest BCUT2D eigenvalue weighted by Gasteiger charge is -2.40. The lowest BCUT2D eigenvalue weighted by Crippen LogP contribution is -2.51. The van der Waals surface area contributed by atoms with Crippen molar-refractivity contribution in [3.05, 3.63) is 29.6 Å². The Morgan fingerprint density at radius 3 is 2.32 bits per heavy atom. The summed E-state index contributed by atoms with van der Waals surface area (Å²) in [5.74, 6) is 5.47. The molecule has 0 aliphatic carbocycles. The number of nitrogens with two attached hydrogens (primary N) is 1. The Kier molecular flexibility index (Phi) is 4.54. The number of nitrogens with one attached hydrogen (secondary N) is 1. The molecule has 0 aliphatic rings. The summed E-state index contributed by atoms with van der Waals surface area (Å²) in [5, 5.41) is 0. The number of likely N-dealkylation sites (N-methyl/N-ethyl adjacent to an activating group) is 1. The fraction of sp³-hybridized carbons (Fsp3) is 0.583. The maximum absolute atomic E-state index is 13.0. The quantitative estimate of drug-likeness (QED) is 0.652. The molecule has 0 saturated carbocycles. The lowest BCUT2D eigenvalue weighted by molar-refractivity contribution is -0.138. The number of aromatic nitrogens is 1. The highest BCUT2D eigenvalue weighted by molar-refractivity contribution is 5.31. The average Bonchev–Trinajstić information content (AvgIpc) is 2.28. The van der Waals surface area contributed by atoms with Crippen LogP contribution in [0.4, 0.5) is 13.2 Å². The van der Waals surface area contributed by atoms with E-state index in [1.807, 2.05) is 18.7 Å². The Balaban J connectivity index is 3.35. The largest absolute Gasteiger partial charge is 0.416 e. The summed E-state index contributed by atoms with van der Waals surface area (Å²) in [5.41, 5.74) is 1.17. The number of nitrogens with zero attached hydrogens (tertiary/aromatic N) is 2. The van der Waals surface area contributed by atoms with E-state index in [9.17, 15) is 13.2 Å². The Bertz CT molecular complexity index is 429. The van der Waals surface area contributed by atoms with Gasteiger partial charge in [0.1, 0.15) is 0 Å². The minimum absolute atomic E-state index is 0.0381. The summed E-state index contributed by atoms with van der Waals surface area (Å²) < 4.78 is 39.1. The van der Waals surface area contributed by atoms with Crippen LogP contribution in [0.1, 0.15) is 31.0 Å². The standard InChI is InChI=1S/C12H19F3N4/c1-11(2,19(3)4)10(18-16)8-7-17-6-5-9(8)12(13,14)15/h5-7,10,18H,16H2,1-4H3. The van der Waals surface area contributed by atoms with E-state index in [1.54, 1.807) is 14.1 Å². The molecule has 0 bridgehead atoms. The topological polar surface area (TPSA) is 54.2 Å². The van der Waals surface area contributed by atoms with Gasteiger partial charge in [0, 0.05) is 23.5 Å². The van der Waals surface area contributed by atoms with Gasteiger partial charge in [-0.3, -0.25) is 16.3 Å². The zero-order valence-electron chi connectivity index (χ0n) is 11.4. The Hall–Kier alpha value is -1.18. The average molecular weight is 276 g/mol. The molecule has 0 amide bonds. The lowest BCUT2D eigenvalue weighted by atomic mass is 9.86. The van der Waals surface area contributed by atoms with E-state index in [2.05, 4.69) is 10.4 Å². The fourth-order valence-electron chi connectivity index (χ4n) is 1.83. The minimum Gasteiger partial charge on any atom is -0.302 e. The molecule has 4 nitrogen and oxygen atoms in total. The van der Waals surface area contributed by atoms with Crippen LogP contribution in [-0.2, 0) is 6.18 Å². The van der Waals surface area contributed by atoms with Gasteiger partial charge >= 0.3 is 6.18 Å². The molecule has 0 aromatic carbocycles. The molecule has 0 spiro atoms. The first-order valence-electron chi connectivity index (χ1n) is 5.77. The highest BCUT2D eigenvalue weighted by atomic mass is 19.4. The molecule has 0 saturated heterocycles. The molecular weight excluding hydrogens is 257 g/mol. The molecule has 19 heavy (non-hydrogen) atoms. The number of halogens is 3. The Morgan fingerprint density at radius 1 is 1.32 bits per heavy atom. The van der Waals surface area contributed by atoms with Crippen molar-refractivity contribution in [1.82, 2.24) is 15.3 Å². The Morgan fingerprint density at radius 2 is 1.89 bits per heavy atom. The van der Waals surface area contributed by atoms with Crippen LogP contribution in [0.5, 0.6) is 0 Å². The molecule has 1 unspecified atom stereocenters. The van der Waals surface area contributed by atoms with Crippen molar-refractivity contribution in [2.45, 2.75) is 31.6 Å². The first-order valence-corrected chi connectivity index (χ1v) is 5.77. The van der Waals surface area contributed by atoms with Gasteiger partial charge in [-0.05, 0) is 34.0 Å². The van der Waals surface area contributed by atoms with Crippen LogP contribution < -0.4 is 11.3 Å². The zero-order chi connectivity index (χ0) is 14.8. The van der Waals surface area contributed by atoms with Crippen molar-refractivity contribution >= 4 is 0 Å². The summed E-state index contributed by atoms with van der Waals surface area (Å²) in [6.45, 7) is 3.62. The zero-order valence-corrected chi connectivity index (χ0v) is 11.4. The van der Waals surface area contributed by atoms with Gasteiger partial charge in [-0.25, -0.2) is 0 Å². The minimum atomic E-state index is -4.43. The monoisotopic (exact) mass is 276 g/mol. The van der Waals surface area contributed by atoms with Crippen LogP contribution in [0.25, 0.3) is 0 Å². The summed E-state index contributed by atoms with van der Waals surface area (Å²) in [4.78, 5) is 5.60. The van der Waals surface area contributed by atoms with Gasteiger partial charge in [-0.15, -0.1) is 0 Å².